The minimum absolute atomic E-state index is 0.111. The summed E-state index contributed by atoms with van der Waals surface area (Å²) in [6.07, 6.45) is 0. The van der Waals surface area contributed by atoms with E-state index in [-0.39, 0.29) is 11.3 Å². The highest BCUT2D eigenvalue weighted by atomic mass is 35.5. The van der Waals surface area contributed by atoms with Crippen LogP contribution in [0.4, 0.5) is 0 Å². The average molecular weight is 239 g/mol. The van der Waals surface area contributed by atoms with Crippen LogP contribution in [0.25, 0.3) is 0 Å². The summed E-state index contributed by atoms with van der Waals surface area (Å²) in [6, 6.07) is 8.26. The van der Waals surface area contributed by atoms with Gasteiger partial charge >= 0.3 is 5.35 Å². The third kappa shape index (κ3) is 1.54. The zero-order valence-corrected chi connectivity index (χ0v) is 9.26. The van der Waals surface area contributed by atoms with Crippen LogP contribution in [0.2, 0.25) is 5.35 Å². The van der Waals surface area contributed by atoms with Crippen LogP contribution in [-0.4, -0.2) is 16.0 Å². The van der Waals surface area contributed by atoms with Crippen LogP contribution in [-0.2, 0) is 0 Å². The molecule has 1 aromatic heterocycles. The first kappa shape index (κ1) is 9.24. The monoisotopic (exact) mass is 238 g/mol. The standard InChI is InChI=1S/C10H7ClN2OS/c11-10-13-12-9(14-10)7-5-15-8-4-2-1-3-6(7)8/h1-4,7H,5H2. The van der Waals surface area contributed by atoms with Gasteiger partial charge in [0.05, 0.1) is 5.92 Å². The van der Waals surface area contributed by atoms with Crippen LogP contribution in [0.15, 0.2) is 33.6 Å². The maximum atomic E-state index is 5.62. The van der Waals surface area contributed by atoms with E-state index in [0.29, 0.717) is 5.89 Å². The number of aromatic nitrogens is 2. The van der Waals surface area contributed by atoms with Gasteiger partial charge in [0.1, 0.15) is 0 Å². The fourth-order valence-electron chi connectivity index (χ4n) is 1.72. The van der Waals surface area contributed by atoms with Gasteiger partial charge in [0.25, 0.3) is 0 Å². The Hall–Kier alpha value is -1.00. The molecule has 76 valence electrons. The molecule has 3 rings (SSSR count). The fraction of sp³-hybridized carbons (Fsp3) is 0.200. The lowest BCUT2D eigenvalue weighted by atomic mass is 10.0. The molecule has 1 unspecified atom stereocenters. The third-order valence-corrected chi connectivity index (χ3v) is 3.75. The maximum Gasteiger partial charge on any atom is 0.312 e. The van der Waals surface area contributed by atoms with E-state index in [9.17, 15) is 0 Å². The molecule has 0 bridgehead atoms. The number of rotatable bonds is 1. The molecule has 0 amide bonds. The molecule has 1 aliphatic heterocycles. The fourth-order valence-corrected chi connectivity index (χ4v) is 3.06. The minimum Gasteiger partial charge on any atom is -0.411 e. The molecule has 0 aliphatic carbocycles. The molecule has 2 aromatic rings. The van der Waals surface area contributed by atoms with Crippen molar-refractivity contribution in [3.05, 3.63) is 41.1 Å². The molecule has 2 heterocycles. The van der Waals surface area contributed by atoms with Crippen LogP contribution in [0.3, 0.4) is 0 Å². The van der Waals surface area contributed by atoms with E-state index in [4.69, 9.17) is 16.0 Å². The summed E-state index contributed by atoms with van der Waals surface area (Å²) in [7, 11) is 0. The van der Waals surface area contributed by atoms with E-state index in [0.717, 1.165) is 5.75 Å². The molecule has 15 heavy (non-hydrogen) atoms. The average Bonchev–Trinajstić information content (AvgIpc) is 2.83. The van der Waals surface area contributed by atoms with Gasteiger partial charge in [0.15, 0.2) is 0 Å². The van der Waals surface area contributed by atoms with Gasteiger partial charge in [-0.05, 0) is 23.2 Å². The normalized spacial score (nSPS) is 19.1. The van der Waals surface area contributed by atoms with Gasteiger partial charge in [-0.25, -0.2) is 0 Å². The van der Waals surface area contributed by atoms with Crippen LogP contribution in [0.5, 0.6) is 0 Å². The summed E-state index contributed by atoms with van der Waals surface area (Å²) in [6.45, 7) is 0. The number of hydrogen-bond donors (Lipinski definition) is 0. The number of fused-ring (bicyclic) bond motifs is 1. The molecule has 0 saturated carbocycles. The van der Waals surface area contributed by atoms with E-state index < -0.39 is 0 Å². The first-order valence-corrected chi connectivity index (χ1v) is 5.91. The molecule has 0 fully saturated rings. The highest BCUT2D eigenvalue weighted by Crippen LogP contribution is 2.42. The van der Waals surface area contributed by atoms with Gasteiger partial charge in [-0.3, -0.25) is 0 Å². The van der Waals surface area contributed by atoms with Crippen LogP contribution < -0.4 is 0 Å². The molecule has 0 saturated heterocycles. The number of halogens is 1. The second kappa shape index (κ2) is 3.54. The quantitative estimate of drug-likeness (QED) is 0.766. The van der Waals surface area contributed by atoms with E-state index in [2.05, 4.69) is 22.3 Å². The van der Waals surface area contributed by atoms with E-state index in [1.54, 1.807) is 0 Å². The van der Waals surface area contributed by atoms with Gasteiger partial charge in [0, 0.05) is 10.6 Å². The topological polar surface area (TPSA) is 38.9 Å². The van der Waals surface area contributed by atoms with E-state index in [1.807, 2.05) is 23.9 Å². The molecule has 5 heteroatoms. The first-order chi connectivity index (χ1) is 7.34. The maximum absolute atomic E-state index is 5.62. The largest absolute Gasteiger partial charge is 0.411 e. The summed E-state index contributed by atoms with van der Waals surface area (Å²) in [5.41, 5.74) is 1.25. The van der Waals surface area contributed by atoms with Crippen molar-refractivity contribution < 1.29 is 4.42 Å². The van der Waals surface area contributed by atoms with Gasteiger partial charge in [-0.2, -0.15) is 0 Å². The Labute approximate surface area is 95.8 Å². The Kier molecular flexibility index (Phi) is 2.18. The molecule has 1 aromatic carbocycles. The molecule has 3 nitrogen and oxygen atoms in total. The van der Waals surface area contributed by atoms with Gasteiger partial charge in [-0.15, -0.1) is 16.9 Å². The summed E-state index contributed by atoms with van der Waals surface area (Å²) in [5.74, 6) is 1.74. The van der Waals surface area contributed by atoms with Crippen molar-refractivity contribution in [3.63, 3.8) is 0 Å². The predicted molar refractivity (Wildman–Crippen MR) is 58.3 cm³/mol. The van der Waals surface area contributed by atoms with Crippen LogP contribution in [0, 0.1) is 0 Å². The van der Waals surface area contributed by atoms with E-state index in [1.165, 1.54) is 10.5 Å². The Balaban J connectivity index is 2.04. The summed E-state index contributed by atoms with van der Waals surface area (Å²) >= 11 is 7.43. The van der Waals surface area contributed by atoms with Gasteiger partial charge < -0.3 is 4.42 Å². The molecule has 1 atom stereocenters. The third-order valence-electron chi connectivity index (χ3n) is 2.41. The van der Waals surface area contributed by atoms with Crippen molar-refractivity contribution in [2.75, 3.05) is 5.75 Å². The lowest BCUT2D eigenvalue weighted by molar-refractivity contribution is 0.483. The van der Waals surface area contributed by atoms with Crippen molar-refractivity contribution in [2.24, 2.45) is 0 Å². The van der Waals surface area contributed by atoms with Crippen molar-refractivity contribution in [1.82, 2.24) is 10.2 Å². The van der Waals surface area contributed by atoms with E-state index >= 15 is 0 Å². The SMILES string of the molecule is Clc1nnc(C2CSc3ccccc32)o1. The predicted octanol–water partition coefficient (Wildman–Crippen LogP) is 2.96. The van der Waals surface area contributed by atoms with Crippen molar-refractivity contribution in [3.8, 4) is 0 Å². The Morgan fingerprint density at radius 2 is 2.20 bits per heavy atom. The number of benzene rings is 1. The first-order valence-electron chi connectivity index (χ1n) is 4.55. The smallest absolute Gasteiger partial charge is 0.312 e. The van der Waals surface area contributed by atoms with Crippen molar-refractivity contribution >= 4 is 23.4 Å². The zero-order chi connectivity index (χ0) is 10.3. The Morgan fingerprint density at radius 1 is 1.33 bits per heavy atom. The lowest BCUT2D eigenvalue weighted by Gasteiger charge is -2.03. The minimum atomic E-state index is 0.111. The molecule has 0 radical (unpaired) electrons. The van der Waals surface area contributed by atoms with Crippen LogP contribution >= 0.6 is 23.4 Å². The number of nitrogens with zero attached hydrogens (tertiary/aromatic N) is 2. The Bertz CT molecular complexity index is 500. The number of hydrogen-bond acceptors (Lipinski definition) is 4. The molecular weight excluding hydrogens is 232 g/mol. The highest BCUT2D eigenvalue weighted by molar-refractivity contribution is 7.99. The second-order valence-corrected chi connectivity index (χ2v) is 4.68. The molecule has 1 aliphatic rings. The van der Waals surface area contributed by atoms with Crippen molar-refractivity contribution in [2.45, 2.75) is 10.8 Å². The zero-order valence-electron chi connectivity index (χ0n) is 7.68. The number of thioether (sulfide) groups is 1. The summed E-state index contributed by atoms with van der Waals surface area (Å²) in [4.78, 5) is 1.29. The highest BCUT2D eigenvalue weighted by Gasteiger charge is 2.28. The molecule has 0 N–H and O–H groups in total. The van der Waals surface area contributed by atoms with Gasteiger partial charge in [0.2, 0.25) is 5.89 Å². The lowest BCUT2D eigenvalue weighted by Crippen LogP contribution is -1.99. The summed E-state index contributed by atoms with van der Waals surface area (Å²) in [5, 5.41) is 7.72. The second-order valence-electron chi connectivity index (χ2n) is 3.29. The molecule has 0 spiro atoms. The van der Waals surface area contributed by atoms with Gasteiger partial charge in [-0.1, -0.05) is 23.3 Å². The van der Waals surface area contributed by atoms with Crippen LogP contribution in [0.1, 0.15) is 17.4 Å². The Morgan fingerprint density at radius 3 is 3.00 bits per heavy atom. The van der Waals surface area contributed by atoms with Crippen molar-refractivity contribution in [1.29, 1.82) is 0 Å². The molecular formula is C10H7ClN2OS. The summed E-state index contributed by atoms with van der Waals surface area (Å²) < 4.78 is 5.25.